The highest BCUT2D eigenvalue weighted by atomic mass is 16.5. The van der Waals surface area contributed by atoms with Crippen molar-refractivity contribution in [2.24, 2.45) is 0 Å². The molecule has 8 nitrogen and oxygen atoms in total. The zero-order chi connectivity index (χ0) is 16.3. The molecule has 0 bridgehead atoms. The third-order valence-corrected chi connectivity index (χ3v) is 2.36. The van der Waals surface area contributed by atoms with Gasteiger partial charge < -0.3 is 9.47 Å². The monoisotopic (exact) mass is 298 g/mol. The Morgan fingerprint density at radius 2 is 1.09 bits per heavy atom. The molecule has 0 saturated carbocycles. The molecular weight excluding hydrogens is 284 g/mol. The second-order valence-corrected chi connectivity index (χ2v) is 4.96. The third-order valence-electron chi connectivity index (χ3n) is 2.36. The zero-order valence-corrected chi connectivity index (χ0v) is 12.7. The van der Waals surface area contributed by atoms with E-state index in [1.165, 1.54) is 0 Å². The number of ether oxygens (including phenoxy) is 2. The van der Waals surface area contributed by atoms with Crippen LogP contribution in [0.4, 0.5) is 0 Å². The summed E-state index contributed by atoms with van der Waals surface area (Å²) in [4.78, 5) is 16.4. The van der Waals surface area contributed by atoms with E-state index in [1.54, 1.807) is 0 Å². The number of aromatic nitrogens is 4. The number of nitrogens with zero attached hydrogens (tertiary/aromatic N) is 6. The van der Waals surface area contributed by atoms with Crippen LogP contribution in [0.25, 0.3) is 11.3 Å². The standard InChI is InChI=1S/C14H14N6O2/c1-7(2)21-13-14(22-8(3)4)20-12-11(19-13)17-9(5-15)10(6-16)18-12/h7-8H,1-4H3. The van der Waals surface area contributed by atoms with Crippen LogP contribution in [0.2, 0.25) is 0 Å². The fourth-order valence-electron chi connectivity index (χ4n) is 1.61. The molecule has 0 aliphatic carbocycles. The Morgan fingerprint density at radius 3 is 1.36 bits per heavy atom. The van der Waals surface area contributed by atoms with Gasteiger partial charge in [-0.1, -0.05) is 0 Å². The highest BCUT2D eigenvalue weighted by Crippen LogP contribution is 2.26. The molecule has 0 atom stereocenters. The maximum Gasteiger partial charge on any atom is 0.280 e. The highest BCUT2D eigenvalue weighted by Gasteiger charge is 2.18. The molecule has 0 unspecified atom stereocenters. The normalized spacial score (nSPS) is 10.5. The Bertz CT molecular complexity index is 722. The highest BCUT2D eigenvalue weighted by molar-refractivity contribution is 5.68. The summed E-state index contributed by atoms with van der Waals surface area (Å²) in [5.41, 5.74) is 0.0549. The number of hydrogen-bond donors (Lipinski definition) is 0. The molecule has 8 heteroatoms. The largest absolute Gasteiger partial charge is 0.471 e. The lowest BCUT2D eigenvalue weighted by molar-refractivity contribution is 0.185. The van der Waals surface area contributed by atoms with E-state index < -0.39 is 0 Å². The summed E-state index contributed by atoms with van der Waals surface area (Å²) in [5, 5.41) is 18.0. The molecule has 0 radical (unpaired) electrons. The first-order valence-electron chi connectivity index (χ1n) is 6.68. The van der Waals surface area contributed by atoms with Crippen LogP contribution in [0, 0.1) is 22.7 Å². The van der Waals surface area contributed by atoms with Gasteiger partial charge in [0, 0.05) is 0 Å². The quantitative estimate of drug-likeness (QED) is 0.837. The second-order valence-electron chi connectivity index (χ2n) is 4.96. The minimum atomic E-state index is -0.136. The molecule has 0 aliphatic heterocycles. The van der Waals surface area contributed by atoms with Crippen LogP contribution in [0.15, 0.2) is 0 Å². The van der Waals surface area contributed by atoms with Crippen LogP contribution in [-0.4, -0.2) is 32.1 Å². The number of rotatable bonds is 4. The predicted octanol–water partition coefficient (Wildman–Crippen LogP) is 1.74. The first-order valence-corrected chi connectivity index (χ1v) is 6.68. The molecule has 0 aliphatic rings. The van der Waals surface area contributed by atoms with Gasteiger partial charge in [0.15, 0.2) is 11.4 Å². The van der Waals surface area contributed by atoms with Crippen molar-refractivity contribution in [3.05, 3.63) is 11.4 Å². The SMILES string of the molecule is CC(C)Oc1nc2nc(C#N)c(C#N)nc2nc1OC(C)C. The Kier molecular flexibility index (Phi) is 4.33. The van der Waals surface area contributed by atoms with Crippen molar-refractivity contribution < 1.29 is 9.47 Å². The molecule has 0 fully saturated rings. The molecule has 2 heterocycles. The van der Waals surface area contributed by atoms with Gasteiger partial charge in [0.05, 0.1) is 12.2 Å². The molecule has 112 valence electrons. The molecule has 2 rings (SSSR count). The lowest BCUT2D eigenvalue weighted by Gasteiger charge is -2.15. The van der Waals surface area contributed by atoms with Crippen molar-refractivity contribution in [3.63, 3.8) is 0 Å². The van der Waals surface area contributed by atoms with Gasteiger partial charge in [-0.15, -0.1) is 0 Å². The number of fused-ring (bicyclic) bond motifs is 1. The van der Waals surface area contributed by atoms with Crippen LogP contribution >= 0.6 is 0 Å². The third kappa shape index (κ3) is 3.18. The zero-order valence-electron chi connectivity index (χ0n) is 12.7. The van der Waals surface area contributed by atoms with E-state index in [9.17, 15) is 0 Å². The summed E-state index contributed by atoms with van der Waals surface area (Å²) in [6.07, 6.45) is -0.272. The minimum Gasteiger partial charge on any atom is -0.471 e. The molecule has 0 amide bonds. The Balaban J connectivity index is 2.66. The maximum atomic E-state index is 8.99. The second kappa shape index (κ2) is 6.19. The van der Waals surface area contributed by atoms with Crippen molar-refractivity contribution in [2.45, 2.75) is 39.9 Å². The first-order chi connectivity index (χ1) is 10.4. The average molecular weight is 298 g/mol. The van der Waals surface area contributed by atoms with Gasteiger partial charge in [-0.2, -0.15) is 20.5 Å². The van der Waals surface area contributed by atoms with Crippen LogP contribution in [0.1, 0.15) is 39.1 Å². The van der Waals surface area contributed by atoms with Gasteiger partial charge in [0.25, 0.3) is 11.8 Å². The minimum absolute atomic E-state index is 0.0997. The summed E-state index contributed by atoms with van der Waals surface area (Å²) in [6, 6.07) is 3.62. The van der Waals surface area contributed by atoms with E-state index in [1.807, 2.05) is 39.8 Å². The van der Waals surface area contributed by atoms with Gasteiger partial charge in [-0.3, -0.25) is 0 Å². The van der Waals surface area contributed by atoms with Gasteiger partial charge in [-0.05, 0) is 27.7 Å². The van der Waals surface area contributed by atoms with Crippen molar-refractivity contribution in [1.82, 2.24) is 19.9 Å². The lowest BCUT2D eigenvalue weighted by Crippen LogP contribution is -2.14. The van der Waals surface area contributed by atoms with Crippen LogP contribution < -0.4 is 9.47 Å². The Morgan fingerprint density at radius 1 is 0.727 bits per heavy atom. The first kappa shape index (κ1) is 15.4. The predicted molar refractivity (Wildman–Crippen MR) is 76.1 cm³/mol. The van der Waals surface area contributed by atoms with Gasteiger partial charge >= 0.3 is 0 Å². The number of hydrogen-bond acceptors (Lipinski definition) is 8. The smallest absolute Gasteiger partial charge is 0.280 e. The summed E-state index contributed by atoms with van der Waals surface area (Å²) >= 11 is 0. The van der Waals surface area contributed by atoms with Crippen LogP contribution in [-0.2, 0) is 0 Å². The summed E-state index contributed by atoms with van der Waals surface area (Å²) < 4.78 is 11.1. The molecule has 0 aromatic carbocycles. The summed E-state index contributed by atoms with van der Waals surface area (Å²) in [7, 11) is 0. The summed E-state index contributed by atoms with van der Waals surface area (Å²) in [6.45, 7) is 7.37. The lowest BCUT2D eigenvalue weighted by atomic mass is 10.3. The van der Waals surface area contributed by atoms with E-state index in [2.05, 4.69) is 19.9 Å². The molecule has 22 heavy (non-hydrogen) atoms. The Labute approximate surface area is 127 Å². The van der Waals surface area contributed by atoms with Crippen molar-refractivity contribution in [1.29, 1.82) is 10.5 Å². The van der Waals surface area contributed by atoms with E-state index in [-0.39, 0.29) is 46.7 Å². The van der Waals surface area contributed by atoms with Gasteiger partial charge in [0.2, 0.25) is 11.3 Å². The van der Waals surface area contributed by atoms with Crippen molar-refractivity contribution in [3.8, 4) is 23.9 Å². The fourth-order valence-corrected chi connectivity index (χ4v) is 1.61. The van der Waals surface area contributed by atoms with E-state index in [0.717, 1.165) is 0 Å². The average Bonchev–Trinajstić information content (AvgIpc) is 2.45. The van der Waals surface area contributed by atoms with E-state index in [4.69, 9.17) is 20.0 Å². The molecule has 0 spiro atoms. The molecule has 0 N–H and O–H groups in total. The van der Waals surface area contributed by atoms with E-state index in [0.29, 0.717) is 0 Å². The molecule has 2 aromatic rings. The number of nitriles is 2. The Hall–Kier alpha value is -3.00. The van der Waals surface area contributed by atoms with Gasteiger partial charge in [-0.25, -0.2) is 9.97 Å². The molecule has 2 aromatic heterocycles. The summed E-state index contributed by atoms with van der Waals surface area (Å²) in [5.74, 6) is 0.359. The van der Waals surface area contributed by atoms with Crippen LogP contribution in [0.3, 0.4) is 0 Å². The fraction of sp³-hybridized carbons (Fsp3) is 0.429. The van der Waals surface area contributed by atoms with Gasteiger partial charge in [0.1, 0.15) is 12.1 Å². The van der Waals surface area contributed by atoms with Crippen molar-refractivity contribution in [2.75, 3.05) is 0 Å². The van der Waals surface area contributed by atoms with Crippen molar-refractivity contribution >= 4 is 11.3 Å². The van der Waals surface area contributed by atoms with E-state index >= 15 is 0 Å². The molecule has 0 saturated heterocycles. The topological polar surface area (TPSA) is 118 Å². The maximum absolute atomic E-state index is 8.99. The van der Waals surface area contributed by atoms with Crippen LogP contribution in [0.5, 0.6) is 11.8 Å². The molecular formula is C14H14N6O2.